The fourth-order valence-electron chi connectivity index (χ4n) is 9.01. The summed E-state index contributed by atoms with van der Waals surface area (Å²) in [6.07, 6.45) is 5.88. The van der Waals surface area contributed by atoms with Crippen LogP contribution in [0.5, 0.6) is 0 Å². The first-order valence-electron chi connectivity index (χ1n) is 18.4. The molecule has 11 aromatic rings. The molecule has 7 aromatic carbocycles. The monoisotopic (exact) mass is 686 g/mol. The Balaban J connectivity index is 1.03. The van der Waals surface area contributed by atoms with Gasteiger partial charge >= 0.3 is 0 Å². The number of rotatable bonds is 4. The molecule has 0 radical (unpaired) electrons. The summed E-state index contributed by atoms with van der Waals surface area (Å²) in [5.41, 5.74) is 15.4. The van der Waals surface area contributed by atoms with Crippen molar-refractivity contribution in [3.05, 3.63) is 182 Å². The number of aromatic nitrogens is 4. The van der Waals surface area contributed by atoms with E-state index in [9.17, 15) is 0 Å². The van der Waals surface area contributed by atoms with Gasteiger partial charge in [0.05, 0.1) is 22.1 Å². The zero-order valence-electron chi connectivity index (χ0n) is 29.1. The van der Waals surface area contributed by atoms with Crippen molar-refractivity contribution in [1.29, 1.82) is 0 Å². The molecule has 250 valence electrons. The molecular weight excluding hydrogens is 657 g/mol. The Labute approximate surface area is 310 Å². The molecule has 0 fully saturated rings. The summed E-state index contributed by atoms with van der Waals surface area (Å²) in [6, 6.07) is 59.5. The molecule has 4 heterocycles. The molecule has 0 saturated carbocycles. The molecule has 1 aliphatic carbocycles. The third-order valence-corrected chi connectivity index (χ3v) is 11.4. The predicted molar refractivity (Wildman–Crippen MR) is 224 cm³/mol. The Hall–Kier alpha value is -7.30. The van der Waals surface area contributed by atoms with E-state index in [0.717, 1.165) is 39.1 Å². The van der Waals surface area contributed by atoms with Crippen LogP contribution in [0.3, 0.4) is 0 Å². The van der Waals surface area contributed by atoms with Gasteiger partial charge < -0.3 is 4.57 Å². The van der Waals surface area contributed by atoms with Gasteiger partial charge in [-0.25, -0.2) is 4.98 Å². The smallest absolute Gasteiger partial charge is 0.145 e. The fourth-order valence-corrected chi connectivity index (χ4v) is 9.01. The third-order valence-electron chi connectivity index (χ3n) is 11.4. The lowest BCUT2D eigenvalue weighted by molar-refractivity contribution is 1.10. The largest absolute Gasteiger partial charge is 0.309 e. The minimum Gasteiger partial charge on any atom is -0.309 e. The minimum absolute atomic E-state index is 0.945. The minimum atomic E-state index is 0.945. The molecule has 12 rings (SSSR count). The van der Waals surface area contributed by atoms with Gasteiger partial charge in [0.25, 0.3) is 0 Å². The number of nitrogens with zero attached hydrogens (tertiary/aromatic N) is 4. The molecule has 0 amide bonds. The highest BCUT2D eigenvalue weighted by atomic mass is 15.1. The highest BCUT2D eigenvalue weighted by Crippen LogP contribution is 2.48. The lowest BCUT2D eigenvalue weighted by Gasteiger charge is -2.12. The zero-order valence-corrected chi connectivity index (χ0v) is 29.1. The normalized spacial score (nSPS) is 12.1. The number of hydrogen-bond donors (Lipinski definition) is 0. The average molecular weight is 687 g/mol. The summed E-state index contributed by atoms with van der Waals surface area (Å²) in [6.45, 7) is 0. The first kappa shape index (κ1) is 29.3. The molecule has 0 atom stereocenters. The topological polar surface area (TPSA) is 35.6 Å². The van der Waals surface area contributed by atoms with Gasteiger partial charge in [-0.2, -0.15) is 0 Å². The Morgan fingerprint density at radius 1 is 0.352 bits per heavy atom. The number of hydrogen-bond acceptors (Lipinski definition) is 2. The SMILES string of the molecule is c1ccc(-c2cccc(-n3c4ccccc4c4cc(-c5ccc6c(c5)c5ccccc5n6-c5ncc6c7c(cccc57)-c5ccncc5-6)ccc43)c2)cc1. The maximum atomic E-state index is 5.18. The van der Waals surface area contributed by atoms with Crippen LogP contribution in [-0.4, -0.2) is 19.1 Å². The Kier molecular flexibility index (Phi) is 6.02. The van der Waals surface area contributed by atoms with Gasteiger partial charge in [0.1, 0.15) is 5.82 Å². The Bertz CT molecular complexity index is 3300. The van der Waals surface area contributed by atoms with Crippen LogP contribution in [0.15, 0.2) is 182 Å². The van der Waals surface area contributed by atoms with Crippen LogP contribution in [0.2, 0.25) is 0 Å². The predicted octanol–water partition coefficient (Wildman–Crippen LogP) is 12.8. The molecule has 0 aliphatic heterocycles. The number of fused-ring (bicyclic) bond motifs is 9. The van der Waals surface area contributed by atoms with Crippen LogP contribution in [-0.2, 0) is 0 Å². The molecule has 0 unspecified atom stereocenters. The molecule has 0 saturated heterocycles. The molecule has 1 aliphatic rings. The second kappa shape index (κ2) is 11.1. The van der Waals surface area contributed by atoms with E-state index in [0.29, 0.717) is 0 Å². The first-order chi connectivity index (χ1) is 26.8. The van der Waals surface area contributed by atoms with Gasteiger partial charge in [-0.1, -0.05) is 109 Å². The number of benzene rings is 7. The maximum absolute atomic E-state index is 5.18. The molecule has 54 heavy (non-hydrogen) atoms. The van der Waals surface area contributed by atoms with Gasteiger partial charge in [-0.05, 0) is 88.0 Å². The molecular formula is C50H30N4. The Morgan fingerprint density at radius 3 is 1.74 bits per heavy atom. The van der Waals surface area contributed by atoms with Crippen molar-refractivity contribution in [2.75, 3.05) is 0 Å². The van der Waals surface area contributed by atoms with Crippen molar-refractivity contribution < 1.29 is 0 Å². The standard InChI is InChI=1S/C50H30N4/c1-2-10-31(11-3-1)32-12-8-13-35(26-32)53-45-18-6-4-14-37(45)41-27-33(20-22-47(41)53)34-21-23-48-42(28-34)38-15-5-7-19-46(38)54(48)50-40-17-9-16-39-36-24-25-51-29-43(36)44(30-52-50)49(39)40/h1-30H. The van der Waals surface area contributed by atoms with Crippen LogP contribution in [0.25, 0.3) is 110 Å². The lowest BCUT2D eigenvalue weighted by atomic mass is 10.0. The van der Waals surface area contributed by atoms with E-state index < -0.39 is 0 Å². The summed E-state index contributed by atoms with van der Waals surface area (Å²) in [5.74, 6) is 0.945. The Morgan fingerprint density at radius 2 is 0.963 bits per heavy atom. The summed E-state index contributed by atoms with van der Waals surface area (Å²) in [5, 5.41) is 7.29. The van der Waals surface area contributed by atoms with Crippen LogP contribution >= 0.6 is 0 Å². The molecule has 0 N–H and O–H groups in total. The van der Waals surface area contributed by atoms with Crippen molar-refractivity contribution in [3.8, 4) is 56.0 Å². The molecule has 4 heteroatoms. The van der Waals surface area contributed by atoms with Gasteiger partial charge in [-0.15, -0.1) is 0 Å². The summed E-state index contributed by atoms with van der Waals surface area (Å²) in [7, 11) is 0. The highest BCUT2D eigenvalue weighted by Gasteiger charge is 2.25. The summed E-state index contributed by atoms with van der Waals surface area (Å²) >= 11 is 0. The summed E-state index contributed by atoms with van der Waals surface area (Å²) < 4.78 is 4.75. The van der Waals surface area contributed by atoms with E-state index in [4.69, 9.17) is 4.98 Å². The van der Waals surface area contributed by atoms with Gasteiger partial charge in [0.15, 0.2) is 0 Å². The highest BCUT2D eigenvalue weighted by molar-refractivity contribution is 6.18. The third kappa shape index (κ3) is 4.08. The van der Waals surface area contributed by atoms with Crippen LogP contribution in [0, 0.1) is 0 Å². The second-order valence-electron chi connectivity index (χ2n) is 14.2. The molecule has 0 bridgehead atoms. The van der Waals surface area contributed by atoms with Gasteiger partial charge in [-0.3, -0.25) is 9.55 Å². The van der Waals surface area contributed by atoms with Crippen molar-refractivity contribution >= 4 is 54.4 Å². The van der Waals surface area contributed by atoms with E-state index in [1.54, 1.807) is 0 Å². The molecule has 0 spiro atoms. The van der Waals surface area contributed by atoms with Gasteiger partial charge in [0, 0.05) is 67.7 Å². The van der Waals surface area contributed by atoms with E-state index in [2.05, 4.69) is 178 Å². The van der Waals surface area contributed by atoms with Crippen molar-refractivity contribution in [3.63, 3.8) is 0 Å². The van der Waals surface area contributed by atoms with E-state index in [1.165, 1.54) is 71.3 Å². The van der Waals surface area contributed by atoms with Crippen LogP contribution in [0.1, 0.15) is 0 Å². The lowest BCUT2D eigenvalue weighted by Crippen LogP contribution is -1.99. The van der Waals surface area contributed by atoms with Crippen LogP contribution < -0.4 is 0 Å². The average Bonchev–Trinajstić information content (AvgIpc) is 3.87. The van der Waals surface area contributed by atoms with Crippen molar-refractivity contribution in [1.82, 2.24) is 19.1 Å². The zero-order chi connectivity index (χ0) is 35.3. The van der Waals surface area contributed by atoms with Crippen molar-refractivity contribution in [2.45, 2.75) is 0 Å². The number of pyridine rings is 2. The van der Waals surface area contributed by atoms with Crippen LogP contribution in [0.4, 0.5) is 0 Å². The number of para-hydroxylation sites is 2. The first-order valence-corrected chi connectivity index (χ1v) is 18.4. The van der Waals surface area contributed by atoms with Gasteiger partial charge in [0.2, 0.25) is 0 Å². The second-order valence-corrected chi connectivity index (χ2v) is 14.2. The van der Waals surface area contributed by atoms with E-state index in [1.807, 2.05) is 18.6 Å². The fraction of sp³-hybridized carbons (Fsp3) is 0. The van der Waals surface area contributed by atoms with Crippen molar-refractivity contribution in [2.24, 2.45) is 0 Å². The summed E-state index contributed by atoms with van der Waals surface area (Å²) in [4.78, 5) is 9.62. The molecule has 4 nitrogen and oxygen atoms in total. The van der Waals surface area contributed by atoms with E-state index in [-0.39, 0.29) is 0 Å². The van der Waals surface area contributed by atoms with E-state index >= 15 is 0 Å². The molecule has 4 aromatic heterocycles. The maximum Gasteiger partial charge on any atom is 0.145 e. The quantitative estimate of drug-likeness (QED) is 0.185.